The third-order valence-electron chi connectivity index (χ3n) is 3.83. The van der Waals surface area contributed by atoms with Crippen molar-refractivity contribution in [2.24, 2.45) is 5.92 Å². The molecule has 1 aromatic heterocycles. The summed E-state index contributed by atoms with van der Waals surface area (Å²) in [6, 6.07) is 8.03. The van der Waals surface area contributed by atoms with Gasteiger partial charge in [-0.1, -0.05) is 6.07 Å². The standard InChI is InChI=1S/C17H16F2O5/c1-21-15-7-10(4-5-14(15)24-17(18)19)9-23-16(20)12-8-11(12)13-3-2-6-22-13/h2-7,11-12,17H,8-9H2,1H3. The van der Waals surface area contributed by atoms with Gasteiger partial charge in [0.1, 0.15) is 12.4 Å². The van der Waals surface area contributed by atoms with Gasteiger partial charge in [-0.15, -0.1) is 0 Å². The first-order chi connectivity index (χ1) is 11.6. The van der Waals surface area contributed by atoms with Gasteiger partial charge in [-0.3, -0.25) is 4.79 Å². The fraction of sp³-hybridized carbons (Fsp3) is 0.353. The van der Waals surface area contributed by atoms with Crippen LogP contribution < -0.4 is 9.47 Å². The highest BCUT2D eigenvalue weighted by Gasteiger charge is 2.47. The second kappa shape index (κ2) is 6.90. The molecule has 1 fully saturated rings. The van der Waals surface area contributed by atoms with Gasteiger partial charge in [-0.05, 0) is 36.2 Å². The molecule has 0 amide bonds. The molecular weight excluding hydrogens is 322 g/mol. The van der Waals surface area contributed by atoms with Crippen molar-refractivity contribution >= 4 is 5.97 Å². The molecule has 0 N–H and O–H groups in total. The van der Waals surface area contributed by atoms with Gasteiger partial charge < -0.3 is 18.6 Å². The van der Waals surface area contributed by atoms with E-state index in [1.807, 2.05) is 6.07 Å². The molecule has 1 saturated carbocycles. The zero-order valence-electron chi connectivity index (χ0n) is 12.9. The summed E-state index contributed by atoms with van der Waals surface area (Å²) in [6.45, 7) is -2.90. The van der Waals surface area contributed by atoms with Crippen molar-refractivity contribution in [3.63, 3.8) is 0 Å². The van der Waals surface area contributed by atoms with Crippen LogP contribution >= 0.6 is 0 Å². The third-order valence-corrected chi connectivity index (χ3v) is 3.83. The number of hydrogen-bond acceptors (Lipinski definition) is 5. The van der Waals surface area contributed by atoms with E-state index in [1.165, 1.54) is 19.2 Å². The summed E-state index contributed by atoms with van der Waals surface area (Å²) in [5, 5.41) is 0. The Morgan fingerprint density at radius 3 is 2.83 bits per heavy atom. The Morgan fingerprint density at radius 1 is 1.33 bits per heavy atom. The minimum absolute atomic E-state index is 0.0333. The summed E-state index contributed by atoms with van der Waals surface area (Å²) in [5.74, 6) is 0.449. The first kappa shape index (κ1) is 16.3. The second-order valence-corrected chi connectivity index (χ2v) is 5.44. The average Bonchev–Trinajstić information content (AvgIpc) is 3.18. The number of furan rings is 1. The molecule has 24 heavy (non-hydrogen) atoms. The molecule has 1 aliphatic rings. The molecule has 5 nitrogen and oxygen atoms in total. The zero-order chi connectivity index (χ0) is 17.1. The van der Waals surface area contributed by atoms with Gasteiger partial charge in [0.2, 0.25) is 0 Å². The number of carbonyl (C=O) groups is 1. The molecule has 3 rings (SSSR count). The monoisotopic (exact) mass is 338 g/mol. The molecule has 2 unspecified atom stereocenters. The fourth-order valence-corrected chi connectivity index (χ4v) is 2.53. The number of esters is 1. The Morgan fingerprint density at radius 2 is 2.17 bits per heavy atom. The van der Waals surface area contributed by atoms with E-state index in [-0.39, 0.29) is 35.9 Å². The van der Waals surface area contributed by atoms with Gasteiger partial charge in [0.15, 0.2) is 11.5 Å². The number of hydrogen-bond donors (Lipinski definition) is 0. The van der Waals surface area contributed by atoms with Crippen LogP contribution in [0.5, 0.6) is 11.5 Å². The SMILES string of the molecule is COc1cc(COC(=O)C2CC2c2ccco2)ccc1OC(F)F. The predicted octanol–water partition coefficient (Wildman–Crippen LogP) is 3.74. The van der Waals surface area contributed by atoms with Crippen molar-refractivity contribution in [2.75, 3.05) is 7.11 Å². The van der Waals surface area contributed by atoms with Crippen molar-refractivity contribution in [2.45, 2.75) is 25.6 Å². The molecule has 1 aromatic carbocycles. The van der Waals surface area contributed by atoms with E-state index in [4.69, 9.17) is 13.9 Å². The van der Waals surface area contributed by atoms with E-state index in [0.29, 0.717) is 12.0 Å². The van der Waals surface area contributed by atoms with Crippen LogP contribution in [0.1, 0.15) is 23.7 Å². The van der Waals surface area contributed by atoms with Crippen LogP contribution in [0.4, 0.5) is 8.78 Å². The van der Waals surface area contributed by atoms with E-state index in [2.05, 4.69) is 4.74 Å². The van der Waals surface area contributed by atoms with Gasteiger partial charge in [-0.2, -0.15) is 8.78 Å². The maximum Gasteiger partial charge on any atom is 0.387 e. The van der Waals surface area contributed by atoms with Gasteiger partial charge >= 0.3 is 12.6 Å². The Labute approximate surface area is 137 Å². The van der Waals surface area contributed by atoms with E-state index in [9.17, 15) is 13.6 Å². The lowest BCUT2D eigenvalue weighted by atomic mass is 10.2. The fourth-order valence-electron chi connectivity index (χ4n) is 2.53. The number of methoxy groups -OCH3 is 1. The molecule has 2 aromatic rings. The summed E-state index contributed by atoms with van der Waals surface area (Å²) < 4.78 is 44.5. The largest absolute Gasteiger partial charge is 0.493 e. The van der Waals surface area contributed by atoms with Gasteiger partial charge in [0.05, 0.1) is 19.3 Å². The summed E-state index contributed by atoms with van der Waals surface area (Å²) >= 11 is 0. The second-order valence-electron chi connectivity index (χ2n) is 5.44. The maximum absolute atomic E-state index is 12.3. The molecule has 2 atom stereocenters. The molecule has 1 heterocycles. The lowest BCUT2D eigenvalue weighted by Gasteiger charge is -2.11. The first-order valence-corrected chi connectivity index (χ1v) is 7.40. The molecule has 0 spiro atoms. The normalized spacial score (nSPS) is 19.2. The highest BCUT2D eigenvalue weighted by atomic mass is 19.3. The van der Waals surface area contributed by atoms with Crippen LogP contribution in [-0.2, 0) is 16.1 Å². The number of carbonyl (C=O) groups excluding carboxylic acids is 1. The molecule has 0 bridgehead atoms. The molecule has 0 radical (unpaired) electrons. The number of alkyl halides is 2. The van der Waals surface area contributed by atoms with Crippen LogP contribution in [0, 0.1) is 5.92 Å². The van der Waals surface area contributed by atoms with Gasteiger partial charge in [0, 0.05) is 5.92 Å². The highest BCUT2D eigenvalue weighted by molar-refractivity contribution is 5.77. The minimum atomic E-state index is -2.93. The Balaban J connectivity index is 1.56. The van der Waals surface area contributed by atoms with Crippen molar-refractivity contribution < 1.29 is 32.2 Å². The molecular formula is C17H16F2O5. The summed E-state index contributed by atoms with van der Waals surface area (Å²) in [7, 11) is 1.35. The van der Waals surface area contributed by atoms with E-state index < -0.39 is 6.61 Å². The smallest absolute Gasteiger partial charge is 0.387 e. The topological polar surface area (TPSA) is 57.9 Å². The van der Waals surface area contributed by atoms with E-state index in [1.54, 1.807) is 18.4 Å². The van der Waals surface area contributed by atoms with Crippen LogP contribution in [0.15, 0.2) is 41.0 Å². The molecule has 1 aliphatic carbocycles. The van der Waals surface area contributed by atoms with Crippen molar-refractivity contribution in [3.05, 3.63) is 47.9 Å². The van der Waals surface area contributed by atoms with Crippen molar-refractivity contribution in [1.82, 2.24) is 0 Å². The number of benzene rings is 1. The summed E-state index contributed by atoms with van der Waals surface area (Å²) in [4.78, 5) is 12.0. The Bertz CT molecular complexity index is 699. The highest BCUT2D eigenvalue weighted by Crippen LogP contribution is 2.48. The van der Waals surface area contributed by atoms with Crippen LogP contribution in [0.2, 0.25) is 0 Å². The molecule has 0 aliphatic heterocycles. The number of rotatable bonds is 7. The van der Waals surface area contributed by atoms with Crippen LogP contribution in [-0.4, -0.2) is 19.7 Å². The quantitative estimate of drug-likeness (QED) is 0.720. The van der Waals surface area contributed by atoms with E-state index in [0.717, 1.165) is 5.76 Å². The Hall–Kier alpha value is -2.57. The molecule has 0 saturated heterocycles. The lowest BCUT2D eigenvalue weighted by molar-refractivity contribution is -0.146. The number of halogens is 2. The van der Waals surface area contributed by atoms with Crippen LogP contribution in [0.3, 0.4) is 0 Å². The summed E-state index contributed by atoms with van der Waals surface area (Å²) in [6.07, 6.45) is 2.28. The summed E-state index contributed by atoms with van der Waals surface area (Å²) in [5.41, 5.74) is 0.622. The average molecular weight is 338 g/mol. The maximum atomic E-state index is 12.3. The van der Waals surface area contributed by atoms with E-state index >= 15 is 0 Å². The molecule has 7 heteroatoms. The van der Waals surface area contributed by atoms with Crippen LogP contribution in [0.25, 0.3) is 0 Å². The number of ether oxygens (including phenoxy) is 3. The minimum Gasteiger partial charge on any atom is -0.493 e. The molecule has 128 valence electrons. The van der Waals surface area contributed by atoms with Crippen molar-refractivity contribution in [3.8, 4) is 11.5 Å². The zero-order valence-corrected chi connectivity index (χ0v) is 12.9. The lowest BCUT2D eigenvalue weighted by Crippen LogP contribution is -2.08. The Kier molecular flexibility index (Phi) is 4.69. The van der Waals surface area contributed by atoms with Crippen molar-refractivity contribution in [1.29, 1.82) is 0 Å². The predicted molar refractivity (Wildman–Crippen MR) is 79.0 cm³/mol. The first-order valence-electron chi connectivity index (χ1n) is 7.40. The van der Waals surface area contributed by atoms with Gasteiger partial charge in [0.25, 0.3) is 0 Å². The van der Waals surface area contributed by atoms with Gasteiger partial charge in [-0.25, -0.2) is 0 Å². The third kappa shape index (κ3) is 3.67.